The zero-order chi connectivity index (χ0) is 18.0. The fraction of sp³-hybridized carbons (Fsp3) is 0.583. The lowest BCUT2D eigenvalue weighted by atomic mass is 9.78. The topological polar surface area (TPSA) is 9.23 Å². The second-order valence-corrected chi connectivity index (χ2v) is 8.62. The molecule has 1 nitrogen and oxygen atoms in total. The lowest BCUT2D eigenvalue weighted by molar-refractivity contribution is -0.0954. The third-order valence-electron chi connectivity index (χ3n) is 6.32. The molecule has 1 unspecified atom stereocenters. The Hall–Kier alpha value is -1.34. The molecule has 0 aromatic heterocycles. The Kier molecular flexibility index (Phi) is 5.53. The van der Waals surface area contributed by atoms with Crippen molar-refractivity contribution in [1.82, 2.24) is 0 Å². The van der Waals surface area contributed by atoms with E-state index in [0.29, 0.717) is 6.10 Å². The van der Waals surface area contributed by atoms with Crippen LogP contribution in [0.15, 0.2) is 36.4 Å². The number of hydrogen-bond donors (Lipinski definition) is 0. The van der Waals surface area contributed by atoms with Gasteiger partial charge in [-0.25, -0.2) is 0 Å². The Morgan fingerprint density at radius 3 is 2.36 bits per heavy atom. The van der Waals surface area contributed by atoms with E-state index in [4.69, 9.17) is 4.74 Å². The van der Waals surface area contributed by atoms with Crippen molar-refractivity contribution in [2.45, 2.75) is 78.4 Å². The predicted octanol–water partition coefficient (Wildman–Crippen LogP) is 7.00. The number of ether oxygens (including phenoxy) is 1. The monoisotopic (exact) mass is 338 g/mol. The Balaban J connectivity index is 1.70. The molecule has 0 saturated heterocycles. The van der Waals surface area contributed by atoms with Gasteiger partial charge in [-0.1, -0.05) is 56.2 Å². The molecule has 25 heavy (non-hydrogen) atoms. The maximum atomic E-state index is 6.61. The van der Waals surface area contributed by atoms with Crippen molar-refractivity contribution >= 4 is 10.8 Å². The molecule has 0 spiro atoms. The molecule has 1 heteroatoms. The minimum Gasteiger partial charge on any atom is -0.368 e. The van der Waals surface area contributed by atoms with Gasteiger partial charge >= 0.3 is 0 Å². The van der Waals surface area contributed by atoms with Crippen LogP contribution in [0.5, 0.6) is 0 Å². The molecule has 1 atom stereocenters. The molecule has 0 N–H and O–H groups in total. The van der Waals surface area contributed by atoms with Gasteiger partial charge in [-0.2, -0.15) is 0 Å². The molecule has 0 aliphatic heterocycles. The maximum absolute atomic E-state index is 6.61. The summed E-state index contributed by atoms with van der Waals surface area (Å²) in [6.07, 6.45) is 6.79. The van der Waals surface area contributed by atoms with E-state index in [-0.39, 0.29) is 5.60 Å². The van der Waals surface area contributed by atoms with Gasteiger partial charge in [0.2, 0.25) is 0 Å². The Morgan fingerprint density at radius 2 is 1.68 bits per heavy atom. The highest BCUT2D eigenvalue weighted by Gasteiger charge is 2.30. The van der Waals surface area contributed by atoms with Gasteiger partial charge in [0.15, 0.2) is 0 Å². The Labute approximate surface area is 153 Å². The number of hydrogen-bond acceptors (Lipinski definition) is 1. The molecule has 1 saturated carbocycles. The fourth-order valence-electron chi connectivity index (χ4n) is 4.33. The molecular formula is C24H34O. The van der Waals surface area contributed by atoms with Crippen LogP contribution in [0.1, 0.15) is 70.9 Å². The SMILES string of the molecule is CCC(C)C1CCC(OC(C)(C)c2ccc3ccc(C)cc3c2)CC1. The van der Waals surface area contributed by atoms with Crippen molar-refractivity contribution in [3.05, 3.63) is 47.5 Å². The minimum atomic E-state index is -0.230. The van der Waals surface area contributed by atoms with Gasteiger partial charge < -0.3 is 4.74 Å². The smallest absolute Gasteiger partial charge is 0.0879 e. The van der Waals surface area contributed by atoms with E-state index in [0.717, 1.165) is 11.8 Å². The van der Waals surface area contributed by atoms with Gasteiger partial charge in [0, 0.05) is 0 Å². The lowest BCUT2D eigenvalue weighted by Gasteiger charge is -2.37. The average Bonchev–Trinajstić information content (AvgIpc) is 2.60. The summed E-state index contributed by atoms with van der Waals surface area (Å²) in [7, 11) is 0. The molecule has 2 aromatic carbocycles. The molecule has 0 amide bonds. The van der Waals surface area contributed by atoms with Gasteiger partial charge in [-0.15, -0.1) is 0 Å². The second-order valence-electron chi connectivity index (χ2n) is 8.62. The molecule has 0 radical (unpaired) electrons. The standard InChI is InChI=1S/C24H34O/c1-6-18(3)19-10-13-23(14-11-19)25-24(4,5)22-12-9-20-8-7-17(2)15-21(20)16-22/h7-9,12,15-16,18-19,23H,6,10-11,13-14H2,1-5H3. The molecule has 0 bridgehead atoms. The normalized spacial score (nSPS) is 22.9. The van der Waals surface area contributed by atoms with Crippen LogP contribution in [0.3, 0.4) is 0 Å². The summed E-state index contributed by atoms with van der Waals surface area (Å²) in [4.78, 5) is 0. The van der Waals surface area contributed by atoms with E-state index in [1.807, 2.05) is 0 Å². The van der Waals surface area contributed by atoms with Gasteiger partial charge in [0.25, 0.3) is 0 Å². The number of benzene rings is 2. The van der Waals surface area contributed by atoms with Crippen molar-refractivity contribution in [2.24, 2.45) is 11.8 Å². The van der Waals surface area contributed by atoms with E-state index in [1.54, 1.807) is 0 Å². The van der Waals surface area contributed by atoms with Crippen LogP contribution in [-0.2, 0) is 10.3 Å². The Bertz CT molecular complexity index is 707. The first-order valence-electron chi connectivity index (χ1n) is 10.1. The van der Waals surface area contributed by atoms with Gasteiger partial charge in [-0.05, 0) is 80.7 Å². The van der Waals surface area contributed by atoms with Crippen molar-refractivity contribution in [3.63, 3.8) is 0 Å². The molecule has 1 aliphatic rings. The zero-order valence-electron chi connectivity index (χ0n) is 16.6. The van der Waals surface area contributed by atoms with Gasteiger partial charge in [0.1, 0.15) is 0 Å². The van der Waals surface area contributed by atoms with Crippen LogP contribution in [0.4, 0.5) is 0 Å². The summed E-state index contributed by atoms with van der Waals surface area (Å²) in [6, 6.07) is 13.4. The molecule has 136 valence electrons. The van der Waals surface area contributed by atoms with E-state index >= 15 is 0 Å². The van der Waals surface area contributed by atoms with Gasteiger partial charge in [0.05, 0.1) is 11.7 Å². The van der Waals surface area contributed by atoms with Crippen molar-refractivity contribution in [1.29, 1.82) is 0 Å². The molecule has 0 heterocycles. The predicted molar refractivity (Wildman–Crippen MR) is 108 cm³/mol. The number of aryl methyl sites for hydroxylation is 1. The summed E-state index contributed by atoms with van der Waals surface area (Å²) in [6.45, 7) is 11.3. The fourth-order valence-corrected chi connectivity index (χ4v) is 4.33. The molecule has 3 rings (SSSR count). The average molecular weight is 339 g/mol. The van der Waals surface area contributed by atoms with Crippen molar-refractivity contribution in [3.8, 4) is 0 Å². The van der Waals surface area contributed by atoms with E-state index in [9.17, 15) is 0 Å². The first kappa shape index (κ1) is 18.5. The minimum absolute atomic E-state index is 0.230. The first-order valence-corrected chi connectivity index (χ1v) is 10.1. The highest BCUT2D eigenvalue weighted by atomic mass is 16.5. The highest BCUT2D eigenvalue weighted by molar-refractivity contribution is 5.84. The zero-order valence-corrected chi connectivity index (χ0v) is 16.6. The van der Waals surface area contributed by atoms with Crippen LogP contribution >= 0.6 is 0 Å². The Morgan fingerprint density at radius 1 is 1.00 bits per heavy atom. The summed E-state index contributed by atoms with van der Waals surface area (Å²) in [5, 5.41) is 2.62. The van der Waals surface area contributed by atoms with Crippen LogP contribution in [0.2, 0.25) is 0 Å². The summed E-state index contributed by atoms with van der Waals surface area (Å²) >= 11 is 0. The third-order valence-corrected chi connectivity index (χ3v) is 6.32. The second kappa shape index (κ2) is 7.50. The van der Waals surface area contributed by atoms with E-state index < -0.39 is 0 Å². The van der Waals surface area contributed by atoms with E-state index in [1.165, 1.54) is 54.0 Å². The van der Waals surface area contributed by atoms with Crippen LogP contribution in [0, 0.1) is 18.8 Å². The molecule has 1 fully saturated rings. The molecule has 1 aliphatic carbocycles. The quantitative estimate of drug-likeness (QED) is 0.570. The summed E-state index contributed by atoms with van der Waals surface area (Å²) in [5.41, 5.74) is 2.37. The highest BCUT2D eigenvalue weighted by Crippen LogP contribution is 2.37. The molecule has 2 aromatic rings. The summed E-state index contributed by atoms with van der Waals surface area (Å²) in [5.74, 6) is 1.76. The van der Waals surface area contributed by atoms with E-state index in [2.05, 4.69) is 71.0 Å². The number of fused-ring (bicyclic) bond motifs is 1. The largest absolute Gasteiger partial charge is 0.368 e. The maximum Gasteiger partial charge on any atom is 0.0879 e. The van der Waals surface area contributed by atoms with Gasteiger partial charge in [-0.3, -0.25) is 0 Å². The van der Waals surface area contributed by atoms with Crippen LogP contribution in [-0.4, -0.2) is 6.10 Å². The first-order chi connectivity index (χ1) is 11.9. The van der Waals surface area contributed by atoms with Crippen molar-refractivity contribution < 1.29 is 4.74 Å². The van der Waals surface area contributed by atoms with Crippen LogP contribution in [0.25, 0.3) is 10.8 Å². The summed E-state index contributed by atoms with van der Waals surface area (Å²) < 4.78 is 6.61. The van der Waals surface area contributed by atoms with Crippen molar-refractivity contribution in [2.75, 3.05) is 0 Å². The molecular weight excluding hydrogens is 304 g/mol. The van der Waals surface area contributed by atoms with Crippen LogP contribution < -0.4 is 0 Å². The lowest BCUT2D eigenvalue weighted by Crippen LogP contribution is -2.32. The third kappa shape index (κ3) is 4.26. The number of rotatable bonds is 5.